The van der Waals surface area contributed by atoms with E-state index in [-0.39, 0.29) is 0 Å². The van der Waals surface area contributed by atoms with Gasteiger partial charge in [0.1, 0.15) is 0 Å². The molecule has 96 valence electrons. The Bertz CT molecular complexity index is 288. The van der Waals surface area contributed by atoms with Gasteiger partial charge in [0.25, 0.3) is 0 Å². The lowest BCUT2D eigenvalue weighted by Crippen LogP contribution is -2.12. The zero-order chi connectivity index (χ0) is 11.9. The zero-order valence-electron chi connectivity index (χ0n) is 11.1. The molecular formula is C16H26O. The molecule has 0 saturated carbocycles. The molecule has 0 N–H and O–H groups in total. The van der Waals surface area contributed by atoms with Gasteiger partial charge in [0.15, 0.2) is 5.78 Å². The van der Waals surface area contributed by atoms with Crippen molar-refractivity contribution in [1.82, 2.24) is 0 Å². The number of hydrogen-bond acceptors (Lipinski definition) is 1. The van der Waals surface area contributed by atoms with Crippen molar-refractivity contribution < 1.29 is 4.79 Å². The fourth-order valence-corrected chi connectivity index (χ4v) is 3.25. The van der Waals surface area contributed by atoms with Gasteiger partial charge in [-0.25, -0.2) is 0 Å². The van der Waals surface area contributed by atoms with Crippen LogP contribution in [0.15, 0.2) is 11.1 Å². The van der Waals surface area contributed by atoms with Crippen molar-refractivity contribution in [2.24, 2.45) is 0 Å². The summed E-state index contributed by atoms with van der Waals surface area (Å²) in [5.41, 5.74) is 2.78. The minimum absolute atomic E-state index is 0.475. The molecule has 2 rings (SSSR count). The highest BCUT2D eigenvalue weighted by Crippen LogP contribution is 2.30. The van der Waals surface area contributed by atoms with Crippen LogP contribution in [0, 0.1) is 0 Å². The Balaban J connectivity index is 2.01. The van der Waals surface area contributed by atoms with Crippen LogP contribution < -0.4 is 0 Å². The van der Waals surface area contributed by atoms with Crippen LogP contribution in [0.1, 0.15) is 83.5 Å². The van der Waals surface area contributed by atoms with E-state index in [1.165, 1.54) is 75.4 Å². The van der Waals surface area contributed by atoms with Gasteiger partial charge in [-0.15, -0.1) is 0 Å². The van der Waals surface area contributed by atoms with Gasteiger partial charge in [-0.1, -0.05) is 44.1 Å². The van der Waals surface area contributed by atoms with Crippen molar-refractivity contribution in [1.29, 1.82) is 0 Å². The standard InChI is InChI=1S/C16H26O/c17-16-13-9-11-14-10-7-5-3-1-2-4-6-8-12-15(14)16/h1-13H2. The Morgan fingerprint density at radius 1 is 0.529 bits per heavy atom. The molecule has 0 bridgehead atoms. The van der Waals surface area contributed by atoms with Crippen molar-refractivity contribution in [2.75, 3.05) is 0 Å². The fraction of sp³-hybridized carbons (Fsp3) is 0.812. The van der Waals surface area contributed by atoms with E-state index in [0.29, 0.717) is 5.78 Å². The molecule has 0 amide bonds. The van der Waals surface area contributed by atoms with Crippen LogP contribution in [0.3, 0.4) is 0 Å². The van der Waals surface area contributed by atoms with E-state index in [1.54, 1.807) is 0 Å². The molecule has 1 heteroatoms. The predicted molar refractivity (Wildman–Crippen MR) is 72.1 cm³/mol. The van der Waals surface area contributed by atoms with Crippen LogP contribution in [0.2, 0.25) is 0 Å². The number of rotatable bonds is 0. The second kappa shape index (κ2) is 6.98. The van der Waals surface area contributed by atoms with Gasteiger partial charge < -0.3 is 0 Å². The highest BCUT2D eigenvalue weighted by Gasteiger charge is 2.19. The number of ketones is 1. The van der Waals surface area contributed by atoms with E-state index in [4.69, 9.17) is 0 Å². The van der Waals surface area contributed by atoms with Gasteiger partial charge in [0.2, 0.25) is 0 Å². The summed E-state index contributed by atoms with van der Waals surface area (Å²) in [4.78, 5) is 12.0. The summed E-state index contributed by atoms with van der Waals surface area (Å²) in [7, 11) is 0. The Kier molecular flexibility index (Phi) is 5.28. The third-order valence-corrected chi connectivity index (χ3v) is 4.30. The summed E-state index contributed by atoms with van der Waals surface area (Å²) in [5.74, 6) is 0.475. The molecule has 0 atom stereocenters. The van der Waals surface area contributed by atoms with Gasteiger partial charge in [0, 0.05) is 6.42 Å². The summed E-state index contributed by atoms with van der Waals surface area (Å²) in [6.45, 7) is 0. The summed E-state index contributed by atoms with van der Waals surface area (Å²) < 4.78 is 0. The van der Waals surface area contributed by atoms with E-state index in [1.807, 2.05) is 0 Å². The highest BCUT2D eigenvalue weighted by atomic mass is 16.1. The van der Waals surface area contributed by atoms with Crippen LogP contribution >= 0.6 is 0 Å². The highest BCUT2D eigenvalue weighted by molar-refractivity contribution is 5.96. The van der Waals surface area contributed by atoms with Crippen LogP contribution in [-0.4, -0.2) is 5.78 Å². The van der Waals surface area contributed by atoms with Crippen molar-refractivity contribution in [2.45, 2.75) is 83.5 Å². The quantitative estimate of drug-likeness (QED) is 0.579. The second-order valence-electron chi connectivity index (χ2n) is 5.69. The molecule has 1 nitrogen and oxygen atoms in total. The molecule has 0 heterocycles. The number of hydrogen-bond donors (Lipinski definition) is 0. The molecule has 0 saturated heterocycles. The van der Waals surface area contributed by atoms with E-state index in [0.717, 1.165) is 19.3 Å². The average molecular weight is 234 g/mol. The SMILES string of the molecule is O=C1CCCC2=C1CCCCCCCCCC2. The summed E-state index contributed by atoms with van der Waals surface area (Å²) in [6.07, 6.45) is 16.3. The van der Waals surface area contributed by atoms with Gasteiger partial charge in [0.05, 0.1) is 0 Å². The lowest BCUT2D eigenvalue weighted by atomic mass is 9.84. The summed E-state index contributed by atoms with van der Waals surface area (Å²) >= 11 is 0. The van der Waals surface area contributed by atoms with E-state index >= 15 is 0 Å². The van der Waals surface area contributed by atoms with Gasteiger partial charge in [-0.2, -0.15) is 0 Å². The Labute approximate surface area is 106 Å². The van der Waals surface area contributed by atoms with Gasteiger partial charge in [-0.05, 0) is 44.1 Å². The smallest absolute Gasteiger partial charge is 0.158 e. The fourth-order valence-electron chi connectivity index (χ4n) is 3.25. The molecule has 0 spiro atoms. The van der Waals surface area contributed by atoms with E-state index < -0.39 is 0 Å². The molecule has 0 radical (unpaired) electrons. The number of carbonyl (C=O) groups is 1. The zero-order valence-corrected chi connectivity index (χ0v) is 11.1. The molecule has 0 unspecified atom stereocenters. The first-order chi connectivity index (χ1) is 8.38. The lowest BCUT2D eigenvalue weighted by Gasteiger charge is -2.20. The van der Waals surface area contributed by atoms with Crippen molar-refractivity contribution in [3.05, 3.63) is 11.1 Å². The third-order valence-electron chi connectivity index (χ3n) is 4.30. The lowest BCUT2D eigenvalue weighted by molar-refractivity contribution is -0.116. The predicted octanol–water partition coefficient (Wildman–Crippen LogP) is 4.95. The molecule has 0 aromatic rings. The normalized spacial score (nSPS) is 24.8. The summed E-state index contributed by atoms with van der Waals surface area (Å²) in [5, 5.41) is 0. The molecule has 2 aliphatic carbocycles. The van der Waals surface area contributed by atoms with Crippen LogP contribution in [-0.2, 0) is 4.79 Å². The van der Waals surface area contributed by atoms with Crippen LogP contribution in [0.25, 0.3) is 0 Å². The Morgan fingerprint density at radius 2 is 1.06 bits per heavy atom. The molecule has 17 heavy (non-hydrogen) atoms. The number of allylic oxidation sites excluding steroid dienone is 2. The molecule has 0 fully saturated rings. The molecule has 0 aromatic heterocycles. The van der Waals surface area contributed by atoms with Crippen molar-refractivity contribution >= 4 is 5.78 Å². The minimum Gasteiger partial charge on any atom is -0.295 e. The first-order valence-corrected chi connectivity index (χ1v) is 7.62. The maximum atomic E-state index is 12.0. The monoisotopic (exact) mass is 234 g/mol. The van der Waals surface area contributed by atoms with E-state index in [2.05, 4.69) is 0 Å². The molecule has 0 aliphatic heterocycles. The average Bonchev–Trinajstić information content (AvgIpc) is 2.31. The van der Waals surface area contributed by atoms with Gasteiger partial charge in [-0.3, -0.25) is 4.79 Å². The Hall–Kier alpha value is -0.590. The second-order valence-corrected chi connectivity index (χ2v) is 5.69. The first-order valence-electron chi connectivity index (χ1n) is 7.62. The first kappa shape index (κ1) is 12.9. The third kappa shape index (κ3) is 3.97. The number of Topliss-reactive ketones (excluding diaryl/α,β-unsaturated/α-hetero) is 1. The topological polar surface area (TPSA) is 17.1 Å². The summed E-state index contributed by atoms with van der Waals surface area (Å²) in [6, 6.07) is 0. The largest absolute Gasteiger partial charge is 0.295 e. The van der Waals surface area contributed by atoms with E-state index in [9.17, 15) is 4.79 Å². The molecule has 2 aliphatic rings. The van der Waals surface area contributed by atoms with Crippen LogP contribution in [0.5, 0.6) is 0 Å². The van der Waals surface area contributed by atoms with Crippen molar-refractivity contribution in [3.63, 3.8) is 0 Å². The maximum absolute atomic E-state index is 12.0. The van der Waals surface area contributed by atoms with Gasteiger partial charge >= 0.3 is 0 Å². The molecule has 0 aromatic carbocycles. The van der Waals surface area contributed by atoms with Crippen molar-refractivity contribution in [3.8, 4) is 0 Å². The maximum Gasteiger partial charge on any atom is 0.158 e. The molecular weight excluding hydrogens is 208 g/mol. The Morgan fingerprint density at radius 3 is 1.76 bits per heavy atom. The number of carbonyl (C=O) groups excluding carboxylic acids is 1. The van der Waals surface area contributed by atoms with Crippen LogP contribution in [0.4, 0.5) is 0 Å². The minimum atomic E-state index is 0.475.